The summed E-state index contributed by atoms with van der Waals surface area (Å²) in [6.07, 6.45) is 4.13. The van der Waals surface area contributed by atoms with E-state index < -0.39 is 0 Å². The van der Waals surface area contributed by atoms with E-state index in [1.165, 1.54) is 19.3 Å². The maximum Gasteiger partial charge on any atom is 0.146 e. The van der Waals surface area contributed by atoms with Gasteiger partial charge in [0.25, 0.3) is 0 Å². The van der Waals surface area contributed by atoms with Crippen molar-refractivity contribution in [2.45, 2.75) is 45.6 Å². The Morgan fingerprint density at radius 2 is 2.00 bits per heavy atom. The molecule has 3 atom stereocenters. The SMILES string of the molecule is CC1CCC2C(C)(C)C2(O[SiH3])C1. The second-order valence-corrected chi connectivity index (χ2v) is 5.66. The van der Waals surface area contributed by atoms with Crippen LogP contribution in [-0.4, -0.2) is 16.1 Å². The van der Waals surface area contributed by atoms with Gasteiger partial charge in [0, 0.05) is 0 Å². The predicted molar refractivity (Wildman–Crippen MR) is 54.0 cm³/mol. The molecule has 0 radical (unpaired) electrons. The molecule has 0 spiro atoms. The topological polar surface area (TPSA) is 9.23 Å². The fourth-order valence-electron chi connectivity index (χ4n) is 3.48. The quantitative estimate of drug-likeness (QED) is 0.561. The van der Waals surface area contributed by atoms with Gasteiger partial charge in [0.1, 0.15) is 10.5 Å². The second-order valence-electron chi connectivity index (χ2n) is 5.25. The molecule has 0 heterocycles. The Morgan fingerprint density at radius 1 is 1.33 bits per heavy atom. The molecule has 2 heteroatoms. The molecule has 0 aliphatic heterocycles. The van der Waals surface area contributed by atoms with Crippen LogP contribution in [0.25, 0.3) is 0 Å². The average Bonchev–Trinajstić information content (AvgIpc) is 2.49. The zero-order valence-electron chi connectivity index (χ0n) is 8.68. The molecular formula is C10H20OSi. The zero-order valence-corrected chi connectivity index (χ0v) is 10.7. The van der Waals surface area contributed by atoms with Crippen molar-refractivity contribution in [2.75, 3.05) is 0 Å². The van der Waals surface area contributed by atoms with Crippen LogP contribution < -0.4 is 0 Å². The van der Waals surface area contributed by atoms with Crippen molar-refractivity contribution < 1.29 is 4.43 Å². The van der Waals surface area contributed by atoms with Gasteiger partial charge in [0.05, 0.1) is 5.60 Å². The molecule has 0 amide bonds. The Bertz CT molecular complexity index is 202. The van der Waals surface area contributed by atoms with Gasteiger partial charge in [-0.05, 0) is 30.1 Å². The van der Waals surface area contributed by atoms with Crippen molar-refractivity contribution in [1.29, 1.82) is 0 Å². The minimum atomic E-state index is 0.316. The van der Waals surface area contributed by atoms with Gasteiger partial charge < -0.3 is 4.43 Å². The lowest BCUT2D eigenvalue weighted by Gasteiger charge is -2.27. The lowest BCUT2D eigenvalue weighted by Crippen LogP contribution is -2.26. The molecule has 0 aromatic heterocycles. The van der Waals surface area contributed by atoms with Gasteiger partial charge in [-0.2, -0.15) is 0 Å². The highest BCUT2D eigenvalue weighted by atomic mass is 28.2. The van der Waals surface area contributed by atoms with Crippen LogP contribution in [-0.2, 0) is 4.43 Å². The maximum atomic E-state index is 5.88. The van der Waals surface area contributed by atoms with E-state index in [-0.39, 0.29) is 0 Å². The minimum absolute atomic E-state index is 0.316. The molecule has 1 nitrogen and oxygen atoms in total. The summed E-state index contributed by atoms with van der Waals surface area (Å²) in [4.78, 5) is 0. The highest BCUT2D eigenvalue weighted by Crippen LogP contribution is 2.70. The van der Waals surface area contributed by atoms with Crippen LogP contribution in [0, 0.1) is 17.3 Å². The summed E-state index contributed by atoms with van der Waals surface area (Å²) in [5, 5.41) is 0. The molecule has 0 aromatic rings. The van der Waals surface area contributed by atoms with Gasteiger partial charge in [0.2, 0.25) is 0 Å². The van der Waals surface area contributed by atoms with Gasteiger partial charge in [-0.15, -0.1) is 0 Å². The Balaban J connectivity index is 2.19. The second kappa shape index (κ2) is 2.35. The molecule has 2 rings (SSSR count). The molecule has 0 N–H and O–H groups in total. The summed E-state index contributed by atoms with van der Waals surface area (Å²) < 4.78 is 5.88. The highest BCUT2D eigenvalue weighted by Gasteiger charge is 2.71. The smallest absolute Gasteiger partial charge is 0.146 e. The van der Waals surface area contributed by atoms with Gasteiger partial charge in [-0.3, -0.25) is 0 Å². The fourth-order valence-corrected chi connectivity index (χ4v) is 4.46. The molecule has 3 unspecified atom stereocenters. The van der Waals surface area contributed by atoms with E-state index in [1.807, 2.05) is 0 Å². The standard InChI is InChI=1S/C10H20OSi/c1-7-4-5-8-9(2,3)10(8,6-7)11-12/h7-8H,4-6H2,1-3,12H3. The van der Waals surface area contributed by atoms with E-state index in [0.717, 1.165) is 22.3 Å². The third-order valence-corrected chi connectivity index (χ3v) is 5.13. The lowest BCUT2D eigenvalue weighted by atomic mass is 9.88. The first-order valence-electron chi connectivity index (χ1n) is 5.10. The molecule has 2 saturated carbocycles. The molecule has 12 heavy (non-hydrogen) atoms. The van der Waals surface area contributed by atoms with Crippen LogP contribution in [0.1, 0.15) is 40.0 Å². The first kappa shape index (κ1) is 8.76. The molecule has 2 aliphatic rings. The van der Waals surface area contributed by atoms with Gasteiger partial charge in [0.15, 0.2) is 0 Å². The largest absolute Gasteiger partial charge is 0.422 e. The van der Waals surface area contributed by atoms with Gasteiger partial charge >= 0.3 is 0 Å². The lowest BCUT2D eigenvalue weighted by molar-refractivity contribution is 0.0956. The van der Waals surface area contributed by atoms with E-state index >= 15 is 0 Å². The summed E-state index contributed by atoms with van der Waals surface area (Å²) in [5.74, 6) is 1.76. The number of rotatable bonds is 1. The average molecular weight is 184 g/mol. The summed E-state index contributed by atoms with van der Waals surface area (Å²) >= 11 is 0. The number of fused-ring (bicyclic) bond motifs is 1. The van der Waals surface area contributed by atoms with Crippen LogP contribution in [0.2, 0.25) is 0 Å². The third kappa shape index (κ3) is 0.828. The van der Waals surface area contributed by atoms with Crippen molar-refractivity contribution in [2.24, 2.45) is 17.3 Å². The molecular weight excluding hydrogens is 164 g/mol. The summed E-state index contributed by atoms with van der Waals surface area (Å²) in [6, 6.07) is 0. The molecule has 0 saturated heterocycles. The Kier molecular flexibility index (Phi) is 1.72. The first-order chi connectivity index (χ1) is 5.54. The molecule has 0 aromatic carbocycles. The monoisotopic (exact) mass is 184 g/mol. The van der Waals surface area contributed by atoms with Crippen molar-refractivity contribution >= 4 is 10.5 Å². The first-order valence-corrected chi connectivity index (χ1v) is 5.91. The number of hydrogen-bond acceptors (Lipinski definition) is 1. The highest BCUT2D eigenvalue weighted by molar-refractivity contribution is 5.98. The predicted octanol–water partition coefficient (Wildman–Crippen LogP) is 1.50. The van der Waals surface area contributed by atoms with Crippen LogP contribution in [0.3, 0.4) is 0 Å². The van der Waals surface area contributed by atoms with Gasteiger partial charge in [-0.1, -0.05) is 27.2 Å². The van der Waals surface area contributed by atoms with Gasteiger partial charge in [-0.25, -0.2) is 0 Å². The van der Waals surface area contributed by atoms with E-state index in [2.05, 4.69) is 20.8 Å². The van der Waals surface area contributed by atoms with E-state index in [1.54, 1.807) is 0 Å². The van der Waals surface area contributed by atoms with Crippen LogP contribution >= 0.6 is 0 Å². The number of hydrogen-bond donors (Lipinski definition) is 0. The maximum absolute atomic E-state index is 5.88. The van der Waals surface area contributed by atoms with Crippen LogP contribution in [0.4, 0.5) is 0 Å². The molecule has 2 fully saturated rings. The van der Waals surface area contributed by atoms with Crippen molar-refractivity contribution in [1.82, 2.24) is 0 Å². The Hall–Kier alpha value is 0.177. The summed E-state index contributed by atoms with van der Waals surface area (Å²) in [7, 11) is 0.909. The Labute approximate surface area is 78.4 Å². The van der Waals surface area contributed by atoms with Crippen molar-refractivity contribution in [3.8, 4) is 0 Å². The van der Waals surface area contributed by atoms with Crippen molar-refractivity contribution in [3.63, 3.8) is 0 Å². The van der Waals surface area contributed by atoms with Crippen LogP contribution in [0.15, 0.2) is 0 Å². The summed E-state index contributed by atoms with van der Waals surface area (Å²) in [6.45, 7) is 7.13. The van der Waals surface area contributed by atoms with E-state index in [9.17, 15) is 0 Å². The van der Waals surface area contributed by atoms with E-state index in [0.29, 0.717) is 11.0 Å². The normalized spacial score (nSPS) is 50.2. The Morgan fingerprint density at radius 3 is 2.50 bits per heavy atom. The fraction of sp³-hybridized carbons (Fsp3) is 1.00. The minimum Gasteiger partial charge on any atom is -0.422 e. The van der Waals surface area contributed by atoms with E-state index in [4.69, 9.17) is 4.43 Å². The molecule has 0 bridgehead atoms. The van der Waals surface area contributed by atoms with Crippen LogP contribution in [0.5, 0.6) is 0 Å². The third-order valence-electron chi connectivity index (χ3n) is 4.41. The molecule has 70 valence electrons. The summed E-state index contributed by atoms with van der Waals surface area (Å²) in [5.41, 5.74) is 0.802. The zero-order chi connectivity index (χ0) is 8.98. The molecule has 2 aliphatic carbocycles. The van der Waals surface area contributed by atoms with Crippen molar-refractivity contribution in [3.05, 3.63) is 0 Å².